The fraction of sp³-hybridized carbons (Fsp3) is 0.455. The number of rotatable bonds is 5. The van der Waals surface area contributed by atoms with Crippen molar-refractivity contribution in [3.05, 3.63) is 26.4 Å². The van der Waals surface area contributed by atoms with Crippen LogP contribution in [0.2, 0.25) is 0 Å². The molecule has 1 aromatic heterocycles. The second kappa shape index (κ2) is 6.38. The van der Waals surface area contributed by atoms with Crippen LogP contribution in [0.25, 0.3) is 6.08 Å². The zero-order chi connectivity index (χ0) is 10.4. The molecule has 0 spiro atoms. The van der Waals surface area contributed by atoms with E-state index in [4.69, 9.17) is 0 Å². The van der Waals surface area contributed by atoms with Gasteiger partial charge in [-0.25, -0.2) is 0 Å². The number of halogens is 1. The van der Waals surface area contributed by atoms with Crippen LogP contribution in [0, 0.1) is 0 Å². The Bertz CT molecular complexity index is 304. The van der Waals surface area contributed by atoms with Crippen molar-refractivity contribution >= 4 is 33.3 Å². The molecule has 0 aliphatic carbocycles. The van der Waals surface area contributed by atoms with Gasteiger partial charge in [0.1, 0.15) is 0 Å². The molecular weight excluding hydrogens is 258 g/mol. The second-order valence-corrected chi connectivity index (χ2v) is 4.87. The van der Waals surface area contributed by atoms with Crippen molar-refractivity contribution in [3.63, 3.8) is 0 Å². The first-order valence-corrected chi connectivity index (χ1v) is 6.58. The molecule has 0 aliphatic rings. The molecule has 0 aromatic carbocycles. The Kier molecular flexibility index (Phi) is 5.45. The van der Waals surface area contributed by atoms with Crippen molar-refractivity contribution < 1.29 is 0 Å². The van der Waals surface area contributed by atoms with E-state index in [1.807, 2.05) is 0 Å². The summed E-state index contributed by atoms with van der Waals surface area (Å²) in [6.07, 6.45) is 3.38. The minimum Gasteiger partial charge on any atom is -0.313 e. The van der Waals surface area contributed by atoms with Gasteiger partial charge in [0.2, 0.25) is 0 Å². The lowest BCUT2D eigenvalue weighted by Gasteiger charge is -2.04. The Morgan fingerprint density at radius 2 is 2.36 bits per heavy atom. The van der Waals surface area contributed by atoms with Crippen LogP contribution in [-0.2, 0) is 0 Å². The van der Waals surface area contributed by atoms with Gasteiger partial charge in [-0.1, -0.05) is 19.4 Å². The summed E-state index contributed by atoms with van der Waals surface area (Å²) in [6, 6.07) is 2.09. The molecule has 0 fully saturated rings. The third kappa shape index (κ3) is 3.56. The average molecular weight is 274 g/mol. The third-order valence-electron chi connectivity index (χ3n) is 2.04. The van der Waals surface area contributed by atoms with Gasteiger partial charge in [0.25, 0.3) is 0 Å². The molecule has 0 saturated heterocycles. The molecule has 78 valence electrons. The summed E-state index contributed by atoms with van der Waals surface area (Å²) in [4.78, 5) is 1.32. The number of hydrogen-bond acceptors (Lipinski definition) is 2. The minimum atomic E-state index is 0.997. The van der Waals surface area contributed by atoms with E-state index < -0.39 is 0 Å². The highest BCUT2D eigenvalue weighted by Gasteiger charge is 1.99. The van der Waals surface area contributed by atoms with Crippen LogP contribution < -0.4 is 5.32 Å². The number of thiophene rings is 1. The lowest BCUT2D eigenvalue weighted by Crippen LogP contribution is -2.15. The summed E-state index contributed by atoms with van der Waals surface area (Å²) in [5.74, 6) is 0. The first-order chi connectivity index (χ1) is 6.77. The molecule has 14 heavy (non-hydrogen) atoms. The van der Waals surface area contributed by atoms with Gasteiger partial charge in [-0.05, 0) is 46.4 Å². The molecule has 1 aromatic rings. The molecule has 0 unspecified atom stereocenters. The standard InChI is InChI=1S/C11H16BrNS/c1-3-9(8-13-4-2)7-11-10(12)5-6-14-11/h5-7,13H,3-4,8H2,1-2H3/b9-7+. The summed E-state index contributed by atoms with van der Waals surface area (Å²) in [5.41, 5.74) is 1.45. The van der Waals surface area contributed by atoms with Gasteiger partial charge in [0.05, 0.1) is 0 Å². The molecule has 1 N–H and O–H groups in total. The Labute approximate surface area is 98.4 Å². The van der Waals surface area contributed by atoms with Crippen molar-refractivity contribution in [1.82, 2.24) is 5.32 Å². The minimum absolute atomic E-state index is 0.997. The lowest BCUT2D eigenvalue weighted by molar-refractivity contribution is 0.762. The van der Waals surface area contributed by atoms with E-state index in [1.54, 1.807) is 11.3 Å². The highest BCUT2D eigenvalue weighted by Crippen LogP contribution is 2.25. The largest absolute Gasteiger partial charge is 0.313 e. The van der Waals surface area contributed by atoms with E-state index in [-0.39, 0.29) is 0 Å². The summed E-state index contributed by atoms with van der Waals surface area (Å²) >= 11 is 5.31. The fourth-order valence-corrected chi connectivity index (χ4v) is 2.63. The first-order valence-electron chi connectivity index (χ1n) is 4.91. The maximum absolute atomic E-state index is 3.54. The van der Waals surface area contributed by atoms with Gasteiger partial charge < -0.3 is 5.32 Å². The fourth-order valence-electron chi connectivity index (χ4n) is 1.16. The van der Waals surface area contributed by atoms with Crippen molar-refractivity contribution in [2.75, 3.05) is 13.1 Å². The SMILES string of the molecule is CCNC/C(=C/c1sccc1Br)CC. The molecule has 0 saturated carbocycles. The Hall–Kier alpha value is -0.120. The monoisotopic (exact) mass is 273 g/mol. The van der Waals surface area contributed by atoms with Gasteiger partial charge >= 0.3 is 0 Å². The van der Waals surface area contributed by atoms with Crippen molar-refractivity contribution in [1.29, 1.82) is 0 Å². The molecule has 3 heteroatoms. The number of hydrogen-bond donors (Lipinski definition) is 1. The number of likely N-dealkylation sites (N-methyl/N-ethyl adjacent to an activating group) is 1. The molecule has 0 bridgehead atoms. The predicted octanol–water partition coefficient (Wildman–Crippen LogP) is 3.91. The maximum Gasteiger partial charge on any atom is 0.0412 e. The molecule has 0 radical (unpaired) electrons. The van der Waals surface area contributed by atoms with E-state index in [1.165, 1.54) is 14.9 Å². The van der Waals surface area contributed by atoms with Crippen molar-refractivity contribution in [2.24, 2.45) is 0 Å². The molecule has 1 heterocycles. The van der Waals surface area contributed by atoms with Crippen molar-refractivity contribution in [3.8, 4) is 0 Å². The molecule has 0 amide bonds. The van der Waals surface area contributed by atoms with Crippen LogP contribution in [0.15, 0.2) is 21.5 Å². The normalized spacial score (nSPS) is 12.1. The van der Waals surface area contributed by atoms with Crippen molar-refractivity contribution in [2.45, 2.75) is 20.3 Å². The van der Waals surface area contributed by atoms with Crippen LogP contribution in [0.1, 0.15) is 25.1 Å². The predicted molar refractivity (Wildman–Crippen MR) is 68.8 cm³/mol. The Balaban J connectivity index is 2.68. The van der Waals surface area contributed by atoms with Gasteiger partial charge in [0, 0.05) is 15.9 Å². The zero-order valence-electron chi connectivity index (χ0n) is 8.64. The summed E-state index contributed by atoms with van der Waals surface area (Å²) < 4.78 is 1.20. The van der Waals surface area contributed by atoms with Gasteiger partial charge in [-0.15, -0.1) is 11.3 Å². The van der Waals surface area contributed by atoms with E-state index in [2.05, 4.69) is 52.6 Å². The molecule has 1 nitrogen and oxygen atoms in total. The summed E-state index contributed by atoms with van der Waals surface area (Å²) in [5, 5.41) is 5.46. The maximum atomic E-state index is 3.54. The average Bonchev–Trinajstić information content (AvgIpc) is 2.59. The zero-order valence-corrected chi connectivity index (χ0v) is 11.0. The van der Waals surface area contributed by atoms with Crippen LogP contribution in [0.3, 0.4) is 0 Å². The molecule has 0 aliphatic heterocycles. The van der Waals surface area contributed by atoms with Gasteiger partial charge in [-0.3, -0.25) is 0 Å². The van der Waals surface area contributed by atoms with E-state index in [0.29, 0.717) is 0 Å². The van der Waals surface area contributed by atoms with Crippen LogP contribution in [0.4, 0.5) is 0 Å². The summed E-state index contributed by atoms with van der Waals surface area (Å²) in [6.45, 7) is 6.36. The van der Waals surface area contributed by atoms with Gasteiger partial charge in [0.15, 0.2) is 0 Å². The highest BCUT2D eigenvalue weighted by molar-refractivity contribution is 9.10. The highest BCUT2D eigenvalue weighted by atomic mass is 79.9. The van der Waals surface area contributed by atoms with E-state index in [9.17, 15) is 0 Å². The van der Waals surface area contributed by atoms with Crippen LogP contribution in [0.5, 0.6) is 0 Å². The molecule has 1 rings (SSSR count). The summed E-state index contributed by atoms with van der Waals surface area (Å²) in [7, 11) is 0. The van der Waals surface area contributed by atoms with E-state index >= 15 is 0 Å². The van der Waals surface area contributed by atoms with Gasteiger partial charge in [-0.2, -0.15) is 0 Å². The quantitative estimate of drug-likeness (QED) is 0.858. The topological polar surface area (TPSA) is 12.0 Å². The molecule has 0 atom stereocenters. The Morgan fingerprint density at radius 3 is 2.86 bits per heavy atom. The number of nitrogens with one attached hydrogen (secondary N) is 1. The lowest BCUT2D eigenvalue weighted by atomic mass is 10.2. The Morgan fingerprint density at radius 1 is 1.57 bits per heavy atom. The third-order valence-corrected chi connectivity index (χ3v) is 3.85. The smallest absolute Gasteiger partial charge is 0.0412 e. The second-order valence-electron chi connectivity index (χ2n) is 3.07. The molecular formula is C11H16BrNS. The first kappa shape index (κ1) is 12.0. The van der Waals surface area contributed by atoms with Crippen LogP contribution >= 0.6 is 27.3 Å². The van der Waals surface area contributed by atoms with Crippen LogP contribution in [-0.4, -0.2) is 13.1 Å². The van der Waals surface area contributed by atoms with E-state index in [0.717, 1.165) is 19.5 Å².